The third-order valence-corrected chi connectivity index (χ3v) is 7.66. The van der Waals surface area contributed by atoms with Gasteiger partial charge >= 0.3 is 0 Å². The van der Waals surface area contributed by atoms with Crippen LogP contribution in [-0.2, 0) is 4.79 Å². The second-order valence-corrected chi connectivity index (χ2v) is 9.93. The number of fused-ring (bicyclic) bond motifs is 1. The molecule has 0 saturated carbocycles. The zero-order valence-electron chi connectivity index (χ0n) is 21.2. The van der Waals surface area contributed by atoms with E-state index in [1.54, 1.807) is 0 Å². The van der Waals surface area contributed by atoms with E-state index in [1.807, 2.05) is 77.4 Å². The summed E-state index contributed by atoms with van der Waals surface area (Å²) in [6.07, 6.45) is 3.38. The van der Waals surface area contributed by atoms with Crippen LogP contribution in [0.4, 0.5) is 11.4 Å². The molecular formula is C31H35N3O2. The van der Waals surface area contributed by atoms with Crippen LogP contribution in [0, 0.1) is 0 Å². The second-order valence-electron chi connectivity index (χ2n) is 9.93. The van der Waals surface area contributed by atoms with Crippen LogP contribution >= 0.6 is 0 Å². The third-order valence-electron chi connectivity index (χ3n) is 7.66. The Morgan fingerprint density at radius 2 is 1.58 bits per heavy atom. The van der Waals surface area contributed by atoms with E-state index in [1.165, 1.54) is 5.56 Å². The number of carbonyl (C=O) groups is 2. The van der Waals surface area contributed by atoms with Crippen LogP contribution in [0.3, 0.4) is 0 Å². The average molecular weight is 482 g/mol. The van der Waals surface area contributed by atoms with Crippen LogP contribution in [0.1, 0.15) is 73.0 Å². The number of nitrogens with one attached hydrogen (secondary N) is 1. The molecule has 36 heavy (non-hydrogen) atoms. The fourth-order valence-electron chi connectivity index (χ4n) is 5.78. The monoisotopic (exact) mass is 481 g/mol. The molecule has 3 aromatic rings. The number of amides is 2. The lowest BCUT2D eigenvalue weighted by atomic mass is 9.88. The number of rotatable bonds is 5. The van der Waals surface area contributed by atoms with Crippen LogP contribution in [0.25, 0.3) is 0 Å². The van der Waals surface area contributed by atoms with Gasteiger partial charge in [0.25, 0.3) is 5.91 Å². The first-order valence-corrected chi connectivity index (χ1v) is 13.2. The molecular weight excluding hydrogens is 446 g/mol. The molecule has 2 heterocycles. The summed E-state index contributed by atoms with van der Waals surface area (Å²) in [5.74, 6) is 0.658. The van der Waals surface area contributed by atoms with Crippen molar-refractivity contribution >= 4 is 23.2 Å². The first kappa shape index (κ1) is 24.3. The number of anilines is 2. The Morgan fingerprint density at radius 1 is 0.917 bits per heavy atom. The van der Waals surface area contributed by atoms with Crippen molar-refractivity contribution in [1.29, 1.82) is 0 Å². The molecule has 0 radical (unpaired) electrons. The molecule has 5 heteroatoms. The molecule has 2 atom stereocenters. The number of benzene rings is 3. The van der Waals surface area contributed by atoms with Gasteiger partial charge in [-0.05, 0) is 86.7 Å². The summed E-state index contributed by atoms with van der Waals surface area (Å²) in [4.78, 5) is 30.8. The van der Waals surface area contributed by atoms with E-state index in [-0.39, 0.29) is 23.9 Å². The molecule has 5 rings (SSSR count). The van der Waals surface area contributed by atoms with Crippen LogP contribution in [0.15, 0.2) is 78.9 Å². The Labute approximate surface area is 214 Å². The highest BCUT2D eigenvalue weighted by molar-refractivity contribution is 6.07. The molecule has 3 aromatic carbocycles. The van der Waals surface area contributed by atoms with Crippen LogP contribution in [0.5, 0.6) is 0 Å². The smallest absolute Gasteiger partial charge is 0.258 e. The summed E-state index contributed by atoms with van der Waals surface area (Å²) >= 11 is 0. The van der Waals surface area contributed by atoms with Gasteiger partial charge in [0.05, 0.1) is 6.04 Å². The van der Waals surface area contributed by atoms with E-state index >= 15 is 0 Å². The van der Waals surface area contributed by atoms with Crippen molar-refractivity contribution in [3.05, 3.63) is 95.6 Å². The average Bonchev–Trinajstić information content (AvgIpc) is 2.94. The maximum atomic E-state index is 13.8. The zero-order valence-corrected chi connectivity index (χ0v) is 21.2. The fraction of sp³-hybridized carbons (Fsp3) is 0.355. The normalized spacial score (nSPS) is 20.0. The lowest BCUT2D eigenvalue weighted by Gasteiger charge is -2.43. The van der Waals surface area contributed by atoms with Crippen molar-refractivity contribution < 1.29 is 9.59 Å². The maximum Gasteiger partial charge on any atom is 0.258 e. The summed E-state index contributed by atoms with van der Waals surface area (Å²) < 4.78 is 0. The topological polar surface area (TPSA) is 52.7 Å². The lowest BCUT2D eigenvalue weighted by Crippen LogP contribution is -2.47. The highest BCUT2D eigenvalue weighted by Crippen LogP contribution is 2.43. The van der Waals surface area contributed by atoms with Gasteiger partial charge in [-0.3, -0.25) is 9.59 Å². The standard InChI is InChI=1S/C31H35N3O2/c1-3-30(35)34(26-9-5-4-6-10-26)29-21-22(2)33(28-12-8-7-11-27(28)29)31(36)25-15-13-23(14-16-25)24-17-19-32-20-18-24/h4-16,22,24,29,32H,3,17-21H2,1-2H3/t22-,29+/m1/s1. The van der Waals surface area contributed by atoms with Gasteiger partial charge in [0, 0.05) is 29.4 Å². The highest BCUT2D eigenvalue weighted by Gasteiger charge is 2.38. The minimum Gasteiger partial charge on any atom is -0.317 e. The molecule has 0 unspecified atom stereocenters. The van der Waals surface area contributed by atoms with Gasteiger partial charge in [-0.15, -0.1) is 0 Å². The molecule has 2 aliphatic heterocycles. The van der Waals surface area contributed by atoms with Crippen molar-refractivity contribution in [3.63, 3.8) is 0 Å². The lowest BCUT2D eigenvalue weighted by molar-refractivity contribution is -0.118. The van der Waals surface area contributed by atoms with Crippen molar-refractivity contribution in [3.8, 4) is 0 Å². The molecule has 0 spiro atoms. The van der Waals surface area contributed by atoms with Crippen LogP contribution < -0.4 is 15.1 Å². The van der Waals surface area contributed by atoms with Gasteiger partial charge in [-0.2, -0.15) is 0 Å². The number of carbonyl (C=O) groups excluding carboxylic acids is 2. The molecule has 1 fully saturated rings. The van der Waals surface area contributed by atoms with E-state index in [0.29, 0.717) is 24.3 Å². The Bertz CT molecular complexity index is 1200. The highest BCUT2D eigenvalue weighted by atomic mass is 16.2. The van der Waals surface area contributed by atoms with Gasteiger partial charge in [0.1, 0.15) is 0 Å². The van der Waals surface area contributed by atoms with E-state index in [9.17, 15) is 9.59 Å². The van der Waals surface area contributed by atoms with Gasteiger partial charge in [0.2, 0.25) is 5.91 Å². The predicted octanol–water partition coefficient (Wildman–Crippen LogP) is 6.08. The Kier molecular flexibility index (Phi) is 7.19. The number of hydrogen-bond donors (Lipinski definition) is 1. The quantitative estimate of drug-likeness (QED) is 0.481. The summed E-state index contributed by atoms with van der Waals surface area (Å²) in [6.45, 7) is 6.09. The Morgan fingerprint density at radius 3 is 2.28 bits per heavy atom. The molecule has 2 aliphatic rings. The summed E-state index contributed by atoms with van der Waals surface area (Å²) in [5, 5.41) is 3.42. The fourth-order valence-corrected chi connectivity index (χ4v) is 5.78. The Hall–Kier alpha value is -3.44. The largest absolute Gasteiger partial charge is 0.317 e. The number of para-hydroxylation sites is 2. The van der Waals surface area contributed by atoms with Gasteiger partial charge in [-0.1, -0.05) is 55.5 Å². The summed E-state index contributed by atoms with van der Waals surface area (Å²) in [5.41, 5.74) is 4.82. The first-order chi connectivity index (χ1) is 17.6. The number of piperidine rings is 1. The van der Waals surface area contributed by atoms with E-state index < -0.39 is 0 Å². The molecule has 0 aromatic heterocycles. The van der Waals surface area contributed by atoms with E-state index in [4.69, 9.17) is 0 Å². The molecule has 5 nitrogen and oxygen atoms in total. The maximum absolute atomic E-state index is 13.8. The minimum atomic E-state index is -0.127. The van der Waals surface area contributed by atoms with Crippen molar-refractivity contribution in [2.75, 3.05) is 22.9 Å². The van der Waals surface area contributed by atoms with Gasteiger partial charge < -0.3 is 15.1 Å². The molecule has 1 N–H and O–H groups in total. The zero-order chi connectivity index (χ0) is 25.1. The molecule has 0 bridgehead atoms. The Balaban J connectivity index is 1.47. The number of hydrogen-bond acceptors (Lipinski definition) is 3. The van der Waals surface area contributed by atoms with Gasteiger partial charge in [0.15, 0.2) is 0 Å². The van der Waals surface area contributed by atoms with Crippen LogP contribution in [-0.4, -0.2) is 30.9 Å². The second kappa shape index (κ2) is 10.7. The summed E-state index contributed by atoms with van der Waals surface area (Å²) in [7, 11) is 0. The molecule has 1 saturated heterocycles. The SMILES string of the molecule is CCC(=O)N(c1ccccc1)[C@H]1C[C@@H](C)N(C(=O)c2ccc(C3CCNCC3)cc2)c2ccccc21. The summed E-state index contributed by atoms with van der Waals surface area (Å²) in [6, 6.07) is 26.0. The molecule has 0 aliphatic carbocycles. The minimum absolute atomic E-state index is 0.0124. The van der Waals surface area contributed by atoms with E-state index in [2.05, 4.69) is 30.4 Å². The van der Waals surface area contributed by atoms with E-state index in [0.717, 1.165) is 42.9 Å². The van der Waals surface area contributed by atoms with Crippen LogP contribution in [0.2, 0.25) is 0 Å². The predicted molar refractivity (Wildman–Crippen MR) is 146 cm³/mol. The van der Waals surface area contributed by atoms with Crippen molar-refractivity contribution in [2.24, 2.45) is 0 Å². The van der Waals surface area contributed by atoms with Gasteiger partial charge in [-0.25, -0.2) is 0 Å². The first-order valence-electron chi connectivity index (χ1n) is 13.2. The molecule has 2 amide bonds. The third kappa shape index (κ3) is 4.68. The molecule has 186 valence electrons. The van der Waals surface area contributed by atoms with Crippen molar-refractivity contribution in [2.45, 2.75) is 57.5 Å². The van der Waals surface area contributed by atoms with Crippen molar-refractivity contribution in [1.82, 2.24) is 5.32 Å². The number of nitrogens with zero attached hydrogens (tertiary/aromatic N) is 2.